The molecule has 0 fully saturated rings. The van der Waals surface area contributed by atoms with E-state index in [1.807, 2.05) is 0 Å². The van der Waals surface area contributed by atoms with E-state index < -0.39 is 0 Å². The van der Waals surface area contributed by atoms with Crippen LogP contribution in [-0.2, 0) is 32.1 Å². The van der Waals surface area contributed by atoms with E-state index in [-0.39, 0.29) is 0 Å². The van der Waals surface area contributed by atoms with Crippen molar-refractivity contribution >= 4 is 0 Å². The highest BCUT2D eigenvalue weighted by Crippen LogP contribution is 2.25. The number of hydrogen-bond donors (Lipinski definition) is 1. The van der Waals surface area contributed by atoms with Crippen LogP contribution in [0.15, 0.2) is 18.2 Å². The first-order valence-electron chi connectivity index (χ1n) is 7.47. The molecule has 19 heavy (non-hydrogen) atoms. The van der Waals surface area contributed by atoms with Gasteiger partial charge in [-0.25, -0.2) is 0 Å². The third kappa shape index (κ3) is 2.32. The zero-order chi connectivity index (χ0) is 13.2. The molecule has 0 saturated heterocycles. The van der Waals surface area contributed by atoms with Gasteiger partial charge in [-0.05, 0) is 48.8 Å². The molecular weight excluding hydrogens is 232 g/mol. The Bertz CT molecular complexity index is 559. The zero-order valence-electron chi connectivity index (χ0n) is 11.9. The van der Waals surface area contributed by atoms with Crippen molar-refractivity contribution in [2.24, 2.45) is 0 Å². The van der Waals surface area contributed by atoms with Gasteiger partial charge in [-0.15, -0.1) is 0 Å². The molecule has 0 spiro atoms. The summed E-state index contributed by atoms with van der Waals surface area (Å²) in [5.41, 5.74) is 8.52. The van der Waals surface area contributed by atoms with Gasteiger partial charge in [0.05, 0.1) is 5.69 Å². The zero-order valence-corrected chi connectivity index (χ0v) is 11.9. The van der Waals surface area contributed by atoms with Crippen molar-refractivity contribution in [3.05, 3.63) is 51.8 Å². The lowest BCUT2D eigenvalue weighted by Gasteiger charge is -2.07. The largest absolute Gasteiger partial charge is 0.282 e. The van der Waals surface area contributed by atoms with Gasteiger partial charge in [0.1, 0.15) is 0 Å². The van der Waals surface area contributed by atoms with Gasteiger partial charge in [0.25, 0.3) is 0 Å². The maximum atomic E-state index is 4.45. The minimum atomic E-state index is 1.01. The lowest BCUT2D eigenvalue weighted by Crippen LogP contribution is -1.97. The van der Waals surface area contributed by atoms with Crippen molar-refractivity contribution < 1.29 is 0 Å². The predicted octanol–water partition coefficient (Wildman–Crippen LogP) is 3.61. The fourth-order valence-electron chi connectivity index (χ4n) is 3.18. The van der Waals surface area contributed by atoms with Gasteiger partial charge in [0, 0.05) is 17.7 Å². The molecule has 1 aromatic heterocycles. The van der Waals surface area contributed by atoms with E-state index in [1.54, 1.807) is 11.1 Å². The molecule has 0 radical (unpaired) electrons. The summed E-state index contributed by atoms with van der Waals surface area (Å²) >= 11 is 0. The van der Waals surface area contributed by atoms with Gasteiger partial charge in [0.2, 0.25) is 0 Å². The lowest BCUT2D eigenvalue weighted by molar-refractivity contribution is 0.911. The van der Waals surface area contributed by atoms with Crippen LogP contribution in [0.5, 0.6) is 0 Å². The van der Waals surface area contributed by atoms with Gasteiger partial charge >= 0.3 is 0 Å². The lowest BCUT2D eigenvalue weighted by atomic mass is 9.98. The Morgan fingerprint density at radius 1 is 1.11 bits per heavy atom. The Balaban J connectivity index is 1.90. The van der Waals surface area contributed by atoms with E-state index in [2.05, 4.69) is 42.2 Å². The molecule has 0 atom stereocenters. The fraction of sp³-hybridized carbons (Fsp3) is 0.471. The van der Waals surface area contributed by atoms with Gasteiger partial charge in [-0.1, -0.05) is 32.0 Å². The van der Waals surface area contributed by atoms with Crippen LogP contribution in [0.25, 0.3) is 0 Å². The molecule has 1 heterocycles. The Labute approximate surface area is 115 Å². The molecular formula is C17H22N2. The Kier molecular flexibility index (Phi) is 3.41. The minimum absolute atomic E-state index is 1.01. The SMILES string of the molecule is CCc1n[nH]c(CC)c1Cc1ccc2c(c1)CCC2. The molecule has 1 N–H and O–H groups in total. The van der Waals surface area contributed by atoms with E-state index >= 15 is 0 Å². The molecule has 3 rings (SSSR count). The molecule has 100 valence electrons. The van der Waals surface area contributed by atoms with Crippen molar-refractivity contribution in [1.82, 2.24) is 10.2 Å². The molecule has 1 aliphatic carbocycles. The summed E-state index contributed by atoms with van der Waals surface area (Å²) < 4.78 is 0. The Morgan fingerprint density at radius 3 is 2.74 bits per heavy atom. The smallest absolute Gasteiger partial charge is 0.0657 e. The quantitative estimate of drug-likeness (QED) is 0.887. The summed E-state index contributed by atoms with van der Waals surface area (Å²) in [6.07, 6.45) is 6.92. The van der Waals surface area contributed by atoms with E-state index in [9.17, 15) is 0 Å². The highest BCUT2D eigenvalue weighted by molar-refractivity contribution is 5.39. The van der Waals surface area contributed by atoms with Crippen molar-refractivity contribution in [1.29, 1.82) is 0 Å². The van der Waals surface area contributed by atoms with E-state index in [0.717, 1.165) is 19.3 Å². The van der Waals surface area contributed by atoms with Crippen LogP contribution in [0.2, 0.25) is 0 Å². The van der Waals surface area contributed by atoms with Gasteiger partial charge in [-0.2, -0.15) is 5.10 Å². The second kappa shape index (κ2) is 5.20. The summed E-state index contributed by atoms with van der Waals surface area (Å²) in [5.74, 6) is 0. The van der Waals surface area contributed by atoms with Crippen molar-refractivity contribution in [3.63, 3.8) is 0 Å². The van der Waals surface area contributed by atoms with Crippen LogP contribution in [0.3, 0.4) is 0 Å². The molecule has 2 heteroatoms. The number of aromatic amines is 1. The van der Waals surface area contributed by atoms with Crippen LogP contribution < -0.4 is 0 Å². The van der Waals surface area contributed by atoms with Gasteiger partial charge in [0.15, 0.2) is 0 Å². The average molecular weight is 254 g/mol. The second-order valence-corrected chi connectivity index (χ2v) is 5.47. The number of H-pyrrole nitrogens is 1. The van der Waals surface area contributed by atoms with Crippen LogP contribution in [0.4, 0.5) is 0 Å². The first-order valence-corrected chi connectivity index (χ1v) is 7.47. The molecule has 2 nitrogen and oxygen atoms in total. The third-order valence-corrected chi connectivity index (χ3v) is 4.27. The monoisotopic (exact) mass is 254 g/mol. The molecule has 2 aromatic rings. The highest BCUT2D eigenvalue weighted by atomic mass is 15.1. The number of fused-ring (bicyclic) bond motifs is 1. The number of benzene rings is 1. The number of aryl methyl sites for hydroxylation is 4. The Hall–Kier alpha value is -1.57. The Morgan fingerprint density at radius 2 is 1.95 bits per heavy atom. The fourth-order valence-corrected chi connectivity index (χ4v) is 3.18. The highest BCUT2D eigenvalue weighted by Gasteiger charge is 2.14. The summed E-state index contributed by atoms with van der Waals surface area (Å²) in [7, 11) is 0. The van der Waals surface area contributed by atoms with Gasteiger partial charge in [-0.3, -0.25) is 5.10 Å². The van der Waals surface area contributed by atoms with Crippen LogP contribution in [0.1, 0.15) is 53.9 Å². The average Bonchev–Trinajstić information content (AvgIpc) is 3.04. The van der Waals surface area contributed by atoms with Crippen LogP contribution in [-0.4, -0.2) is 10.2 Å². The van der Waals surface area contributed by atoms with E-state index in [4.69, 9.17) is 0 Å². The molecule has 0 aliphatic heterocycles. The van der Waals surface area contributed by atoms with Crippen LogP contribution in [0, 0.1) is 0 Å². The summed E-state index contributed by atoms with van der Waals surface area (Å²) in [6.45, 7) is 4.38. The van der Waals surface area contributed by atoms with Crippen molar-refractivity contribution in [2.75, 3.05) is 0 Å². The number of rotatable bonds is 4. The molecule has 0 amide bonds. The maximum Gasteiger partial charge on any atom is 0.0657 e. The number of aromatic nitrogens is 2. The minimum Gasteiger partial charge on any atom is -0.282 e. The first kappa shape index (κ1) is 12.5. The third-order valence-electron chi connectivity index (χ3n) is 4.27. The molecule has 0 bridgehead atoms. The molecule has 0 unspecified atom stereocenters. The van der Waals surface area contributed by atoms with E-state index in [1.165, 1.54) is 41.8 Å². The van der Waals surface area contributed by atoms with E-state index in [0.29, 0.717) is 0 Å². The summed E-state index contributed by atoms with van der Waals surface area (Å²) in [4.78, 5) is 0. The molecule has 1 aromatic carbocycles. The summed E-state index contributed by atoms with van der Waals surface area (Å²) in [5, 5.41) is 7.65. The van der Waals surface area contributed by atoms with Crippen molar-refractivity contribution in [2.45, 2.75) is 52.4 Å². The topological polar surface area (TPSA) is 28.7 Å². The normalized spacial score (nSPS) is 13.8. The maximum absolute atomic E-state index is 4.45. The number of nitrogens with one attached hydrogen (secondary N) is 1. The summed E-state index contributed by atoms with van der Waals surface area (Å²) in [6, 6.07) is 7.04. The predicted molar refractivity (Wildman–Crippen MR) is 78.6 cm³/mol. The standard InChI is InChI=1S/C17H22N2/c1-3-16-15(17(4-2)19-18-16)11-12-8-9-13-6-5-7-14(13)10-12/h8-10H,3-7,11H2,1-2H3,(H,18,19). The van der Waals surface area contributed by atoms with Crippen molar-refractivity contribution in [3.8, 4) is 0 Å². The number of hydrogen-bond acceptors (Lipinski definition) is 1. The number of nitrogens with zero attached hydrogens (tertiary/aromatic N) is 1. The van der Waals surface area contributed by atoms with Gasteiger partial charge < -0.3 is 0 Å². The van der Waals surface area contributed by atoms with Crippen LogP contribution >= 0.6 is 0 Å². The first-order chi connectivity index (χ1) is 9.31. The second-order valence-electron chi connectivity index (χ2n) is 5.47. The molecule has 0 saturated carbocycles. The molecule has 1 aliphatic rings.